The molecule has 0 aliphatic carbocycles. The van der Waals surface area contributed by atoms with E-state index in [1.165, 1.54) is 18.3 Å². The van der Waals surface area contributed by atoms with Gasteiger partial charge in [0.25, 0.3) is 5.91 Å². The molecular formula is C11H13NO3S. The van der Waals surface area contributed by atoms with Crippen LogP contribution in [-0.2, 0) is 0 Å². The molecule has 86 valence electrons. The average Bonchev–Trinajstić information content (AvgIpc) is 2.84. The number of Topliss-reactive ketones (excluding diaryl/α,β-unsaturated/α-hetero) is 1. The summed E-state index contributed by atoms with van der Waals surface area (Å²) in [6, 6.07) is 3.35. The van der Waals surface area contributed by atoms with Crippen LogP contribution in [0.25, 0.3) is 0 Å². The van der Waals surface area contributed by atoms with Gasteiger partial charge < -0.3 is 10.0 Å². The Balaban J connectivity index is 2.11. The maximum atomic E-state index is 11.9. The topological polar surface area (TPSA) is 57.6 Å². The zero-order chi connectivity index (χ0) is 11.7. The van der Waals surface area contributed by atoms with Gasteiger partial charge in [-0.05, 0) is 25.5 Å². The first-order valence-corrected chi connectivity index (χ1v) is 5.97. The van der Waals surface area contributed by atoms with E-state index in [9.17, 15) is 14.7 Å². The second-order valence-corrected chi connectivity index (χ2v) is 5.00. The van der Waals surface area contributed by atoms with Crippen LogP contribution in [-0.4, -0.2) is 40.9 Å². The molecule has 1 fully saturated rings. The van der Waals surface area contributed by atoms with Gasteiger partial charge in [0.2, 0.25) is 0 Å². The Morgan fingerprint density at radius 3 is 2.62 bits per heavy atom. The summed E-state index contributed by atoms with van der Waals surface area (Å²) < 4.78 is 0. The molecule has 1 amide bonds. The van der Waals surface area contributed by atoms with Crippen molar-refractivity contribution in [2.24, 2.45) is 0 Å². The van der Waals surface area contributed by atoms with Crippen LogP contribution in [0.1, 0.15) is 32.7 Å². The van der Waals surface area contributed by atoms with Gasteiger partial charge in [0.15, 0.2) is 5.78 Å². The van der Waals surface area contributed by atoms with E-state index < -0.39 is 6.10 Å². The van der Waals surface area contributed by atoms with Gasteiger partial charge in [0, 0.05) is 13.1 Å². The van der Waals surface area contributed by atoms with Gasteiger partial charge in [-0.3, -0.25) is 9.59 Å². The van der Waals surface area contributed by atoms with Gasteiger partial charge in [-0.1, -0.05) is 0 Å². The van der Waals surface area contributed by atoms with Crippen LogP contribution in [0.15, 0.2) is 12.1 Å². The molecule has 1 aliphatic heterocycles. The van der Waals surface area contributed by atoms with Gasteiger partial charge in [0.05, 0.1) is 15.9 Å². The van der Waals surface area contributed by atoms with Crippen molar-refractivity contribution < 1.29 is 14.7 Å². The van der Waals surface area contributed by atoms with E-state index in [4.69, 9.17) is 0 Å². The van der Waals surface area contributed by atoms with Crippen LogP contribution < -0.4 is 0 Å². The van der Waals surface area contributed by atoms with Crippen molar-refractivity contribution in [2.45, 2.75) is 19.4 Å². The Bertz CT molecular complexity index is 427. The first-order valence-electron chi connectivity index (χ1n) is 5.16. The van der Waals surface area contributed by atoms with E-state index >= 15 is 0 Å². The maximum Gasteiger partial charge on any atom is 0.264 e. The normalized spacial score (nSPS) is 20.1. The van der Waals surface area contributed by atoms with Crippen molar-refractivity contribution in [2.75, 3.05) is 13.1 Å². The quantitative estimate of drug-likeness (QED) is 0.788. The summed E-state index contributed by atoms with van der Waals surface area (Å²) in [4.78, 5) is 25.8. The molecule has 1 saturated heterocycles. The smallest absolute Gasteiger partial charge is 0.264 e. The number of nitrogens with zero attached hydrogens (tertiary/aromatic N) is 1. The third-order valence-electron chi connectivity index (χ3n) is 2.61. The number of ketones is 1. The van der Waals surface area contributed by atoms with Crippen molar-refractivity contribution >= 4 is 23.0 Å². The van der Waals surface area contributed by atoms with Gasteiger partial charge >= 0.3 is 0 Å². The standard InChI is InChI=1S/C11H13NO3S/c1-7(13)9-2-3-10(16-9)11(15)12-5-4-8(14)6-12/h2-3,8,14H,4-6H2,1H3/t8-/m0/s1. The number of thiophene rings is 1. The molecular weight excluding hydrogens is 226 g/mol. The highest BCUT2D eigenvalue weighted by atomic mass is 32.1. The molecule has 0 radical (unpaired) electrons. The summed E-state index contributed by atoms with van der Waals surface area (Å²) in [6.07, 6.45) is 0.229. The molecule has 1 aromatic rings. The molecule has 1 aromatic heterocycles. The lowest BCUT2D eigenvalue weighted by atomic mass is 10.3. The first kappa shape index (κ1) is 11.3. The zero-order valence-corrected chi connectivity index (χ0v) is 9.79. The van der Waals surface area contributed by atoms with E-state index in [0.29, 0.717) is 29.3 Å². The lowest BCUT2D eigenvalue weighted by molar-refractivity contribution is 0.0769. The average molecular weight is 239 g/mol. The Morgan fingerprint density at radius 2 is 2.12 bits per heavy atom. The van der Waals surface area contributed by atoms with E-state index in [1.54, 1.807) is 17.0 Å². The van der Waals surface area contributed by atoms with Gasteiger partial charge in [-0.25, -0.2) is 0 Å². The van der Waals surface area contributed by atoms with Gasteiger partial charge in [-0.15, -0.1) is 11.3 Å². The minimum absolute atomic E-state index is 0.0227. The SMILES string of the molecule is CC(=O)c1ccc(C(=O)N2CC[C@H](O)C2)s1. The maximum absolute atomic E-state index is 11.9. The summed E-state index contributed by atoms with van der Waals surface area (Å²) in [7, 11) is 0. The van der Waals surface area contributed by atoms with E-state index in [-0.39, 0.29) is 11.7 Å². The van der Waals surface area contributed by atoms with Crippen molar-refractivity contribution in [1.29, 1.82) is 0 Å². The molecule has 2 heterocycles. The fraction of sp³-hybridized carbons (Fsp3) is 0.455. The van der Waals surface area contributed by atoms with Crippen molar-refractivity contribution in [3.63, 3.8) is 0 Å². The Morgan fingerprint density at radius 1 is 1.44 bits per heavy atom. The second-order valence-electron chi connectivity index (χ2n) is 3.91. The molecule has 0 aromatic carbocycles. The number of likely N-dealkylation sites (tertiary alicyclic amines) is 1. The fourth-order valence-corrected chi connectivity index (χ4v) is 2.59. The summed E-state index contributed by atoms with van der Waals surface area (Å²) >= 11 is 1.21. The highest BCUT2D eigenvalue weighted by Crippen LogP contribution is 2.21. The Labute approximate surface area is 97.5 Å². The van der Waals surface area contributed by atoms with E-state index in [1.807, 2.05) is 0 Å². The Kier molecular flexibility index (Phi) is 3.07. The molecule has 0 bridgehead atoms. The molecule has 4 nitrogen and oxygen atoms in total. The number of carbonyl (C=O) groups excluding carboxylic acids is 2. The van der Waals surface area contributed by atoms with Crippen LogP contribution in [0, 0.1) is 0 Å². The molecule has 16 heavy (non-hydrogen) atoms. The summed E-state index contributed by atoms with van der Waals surface area (Å²) in [5.74, 6) is -0.112. The molecule has 1 atom stereocenters. The van der Waals surface area contributed by atoms with Gasteiger partial charge in [-0.2, -0.15) is 0 Å². The van der Waals surface area contributed by atoms with Crippen molar-refractivity contribution in [3.8, 4) is 0 Å². The number of aliphatic hydroxyl groups excluding tert-OH is 1. The number of hydrogen-bond acceptors (Lipinski definition) is 4. The largest absolute Gasteiger partial charge is 0.391 e. The number of amides is 1. The number of hydrogen-bond donors (Lipinski definition) is 1. The lowest BCUT2D eigenvalue weighted by Crippen LogP contribution is -2.28. The highest BCUT2D eigenvalue weighted by Gasteiger charge is 2.26. The first-order chi connectivity index (χ1) is 7.58. The molecule has 2 rings (SSSR count). The molecule has 1 N–H and O–H groups in total. The van der Waals surface area contributed by atoms with Crippen LogP contribution in [0.2, 0.25) is 0 Å². The predicted molar refractivity (Wildman–Crippen MR) is 60.9 cm³/mol. The molecule has 0 saturated carbocycles. The zero-order valence-electron chi connectivity index (χ0n) is 8.97. The second kappa shape index (κ2) is 4.35. The van der Waals surface area contributed by atoms with Gasteiger partial charge in [0.1, 0.15) is 0 Å². The number of rotatable bonds is 2. The lowest BCUT2D eigenvalue weighted by Gasteiger charge is -2.13. The minimum Gasteiger partial charge on any atom is -0.391 e. The van der Waals surface area contributed by atoms with Crippen LogP contribution in [0.3, 0.4) is 0 Å². The van der Waals surface area contributed by atoms with E-state index in [2.05, 4.69) is 0 Å². The summed E-state index contributed by atoms with van der Waals surface area (Å²) in [5.41, 5.74) is 0. The number of aliphatic hydroxyl groups is 1. The third kappa shape index (κ3) is 2.15. The van der Waals surface area contributed by atoms with Crippen LogP contribution in [0.5, 0.6) is 0 Å². The summed E-state index contributed by atoms with van der Waals surface area (Å²) in [5, 5.41) is 9.34. The van der Waals surface area contributed by atoms with Crippen LogP contribution >= 0.6 is 11.3 Å². The number of carbonyl (C=O) groups is 2. The highest BCUT2D eigenvalue weighted by molar-refractivity contribution is 7.15. The monoisotopic (exact) mass is 239 g/mol. The predicted octanol–water partition coefficient (Wildman–Crippen LogP) is 1.16. The molecule has 0 unspecified atom stereocenters. The molecule has 0 spiro atoms. The Hall–Kier alpha value is -1.20. The number of β-amino-alcohol motifs (C(OH)–C–C–N with tert-alkyl or cyclic N) is 1. The van der Waals surface area contributed by atoms with Crippen molar-refractivity contribution in [1.82, 2.24) is 4.90 Å². The molecule has 1 aliphatic rings. The molecule has 5 heteroatoms. The minimum atomic E-state index is -0.406. The third-order valence-corrected chi connectivity index (χ3v) is 3.79. The fourth-order valence-electron chi connectivity index (χ4n) is 1.72. The van der Waals surface area contributed by atoms with Crippen LogP contribution in [0.4, 0.5) is 0 Å². The van der Waals surface area contributed by atoms with Crippen molar-refractivity contribution in [3.05, 3.63) is 21.9 Å². The summed E-state index contributed by atoms with van der Waals surface area (Å²) in [6.45, 7) is 2.47. The van der Waals surface area contributed by atoms with E-state index in [0.717, 1.165) is 0 Å².